The van der Waals surface area contributed by atoms with E-state index in [4.69, 9.17) is 11.6 Å². The van der Waals surface area contributed by atoms with Gasteiger partial charge in [-0.15, -0.1) is 0 Å². The van der Waals surface area contributed by atoms with E-state index in [-0.39, 0.29) is 24.3 Å². The van der Waals surface area contributed by atoms with Gasteiger partial charge in [0.1, 0.15) is 0 Å². The standard InChI is InChI=1S/C19H22ClN3O2/c1-12-10-17(13(2)23(12)16-6-4-15(20)5-7-16)19(25)14(3)22-9-8-21-18(24)11-22/h4-7,10,14H,8-9,11H2,1-3H3,(H,21,24). The van der Waals surface area contributed by atoms with Crippen LogP contribution < -0.4 is 5.32 Å². The molecule has 0 saturated carbocycles. The Morgan fingerprint density at radius 2 is 1.92 bits per heavy atom. The third-order valence-corrected chi connectivity index (χ3v) is 5.03. The Hall–Kier alpha value is -2.11. The minimum absolute atomic E-state index is 0.0301. The van der Waals surface area contributed by atoms with Gasteiger partial charge in [-0.1, -0.05) is 11.6 Å². The Bertz CT molecular complexity index is 811. The number of nitrogens with zero attached hydrogens (tertiary/aromatic N) is 2. The molecule has 1 aromatic carbocycles. The summed E-state index contributed by atoms with van der Waals surface area (Å²) in [5.41, 5.74) is 3.57. The molecule has 1 aliphatic heterocycles. The molecule has 1 amide bonds. The van der Waals surface area contributed by atoms with Crippen LogP contribution in [0.3, 0.4) is 0 Å². The summed E-state index contributed by atoms with van der Waals surface area (Å²) in [5, 5.41) is 3.47. The summed E-state index contributed by atoms with van der Waals surface area (Å²) < 4.78 is 2.05. The lowest BCUT2D eigenvalue weighted by molar-refractivity contribution is -0.124. The summed E-state index contributed by atoms with van der Waals surface area (Å²) in [5.74, 6) is 0.0144. The topological polar surface area (TPSA) is 54.3 Å². The van der Waals surface area contributed by atoms with Crippen molar-refractivity contribution in [3.8, 4) is 5.69 Å². The SMILES string of the molecule is Cc1cc(C(=O)C(C)N2CCNC(=O)C2)c(C)n1-c1ccc(Cl)cc1. The fourth-order valence-corrected chi connectivity index (χ4v) is 3.51. The van der Waals surface area contributed by atoms with Crippen LogP contribution in [0.1, 0.15) is 28.7 Å². The van der Waals surface area contributed by atoms with Gasteiger partial charge in [0.05, 0.1) is 12.6 Å². The molecule has 2 heterocycles. The van der Waals surface area contributed by atoms with Gasteiger partial charge in [0, 0.05) is 40.8 Å². The largest absolute Gasteiger partial charge is 0.354 e. The first kappa shape index (κ1) is 17.7. The molecule has 1 fully saturated rings. The van der Waals surface area contributed by atoms with Gasteiger partial charge in [-0.25, -0.2) is 0 Å². The van der Waals surface area contributed by atoms with Crippen molar-refractivity contribution in [2.75, 3.05) is 19.6 Å². The van der Waals surface area contributed by atoms with E-state index >= 15 is 0 Å². The summed E-state index contributed by atoms with van der Waals surface area (Å²) >= 11 is 5.97. The molecule has 25 heavy (non-hydrogen) atoms. The Labute approximate surface area is 152 Å². The molecule has 0 radical (unpaired) electrons. The van der Waals surface area contributed by atoms with Gasteiger partial charge in [0.25, 0.3) is 0 Å². The van der Waals surface area contributed by atoms with Gasteiger partial charge in [0.15, 0.2) is 5.78 Å². The number of hydrogen-bond donors (Lipinski definition) is 1. The Kier molecular flexibility index (Phi) is 4.97. The molecule has 1 unspecified atom stereocenters. The summed E-state index contributed by atoms with van der Waals surface area (Å²) in [7, 11) is 0. The normalized spacial score (nSPS) is 16.6. The molecule has 1 aliphatic rings. The molecule has 132 valence electrons. The van der Waals surface area contributed by atoms with Crippen LogP contribution in [0, 0.1) is 13.8 Å². The molecule has 1 aromatic heterocycles. The predicted octanol–water partition coefficient (Wildman–Crippen LogP) is 2.75. The Morgan fingerprint density at radius 1 is 1.24 bits per heavy atom. The number of benzene rings is 1. The Balaban J connectivity index is 1.90. The summed E-state index contributed by atoms with van der Waals surface area (Å²) in [6.45, 7) is 7.34. The number of amides is 1. The van der Waals surface area contributed by atoms with E-state index in [0.29, 0.717) is 23.7 Å². The van der Waals surface area contributed by atoms with Gasteiger partial charge in [-0.3, -0.25) is 14.5 Å². The average molecular weight is 360 g/mol. The number of carbonyl (C=O) groups excluding carboxylic acids is 2. The molecule has 0 aliphatic carbocycles. The van der Waals surface area contributed by atoms with Crippen LogP contribution in [0.2, 0.25) is 5.02 Å². The minimum Gasteiger partial charge on any atom is -0.354 e. The van der Waals surface area contributed by atoms with Gasteiger partial charge in [0.2, 0.25) is 5.91 Å². The van der Waals surface area contributed by atoms with Crippen molar-refractivity contribution < 1.29 is 9.59 Å². The molecule has 5 nitrogen and oxygen atoms in total. The number of carbonyl (C=O) groups is 2. The summed E-state index contributed by atoms with van der Waals surface area (Å²) in [4.78, 5) is 26.5. The highest BCUT2D eigenvalue weighted by molar-refractivity contribution is 6.30. The van der Waals surface area contributed by atoms with Crippen molar-refractivity contribution in [1.82, 2.24) is 14.8 Å². The first-order chi connectivity index (χ1) is 11.9. The lowest BCUT2D eigenvalue weighted by atomic mass is 10.0. The molecule has 3 rings (SSSR count). The average Bonchev–Trinajstić information content (AvgIpc) is 2.89. The van der Waals surface area contributed by atoms with Gasteiger partial charge < -0.3 is 9.88 Å². The zero-order valence-corrected chi connectivity index (χ0v) is 15.4. The molecule has 2 aromatic rings. The maximum atomic E-state index is 13.0. The van der Waals surface area contributed by atoms with Crippen molar-refractivity contribution in [3.63, 3.8) is 0 Å². The second-order valence-corrected chi connectivity index (χ2v) is 6.89. The van der Waals surface area contributed by atoms with Crippen molar-refractivity contribution in [2.24, 2.45) is 0 Å². The fourth-order valence-electron chi connectivity index (χ4n) is 3.38. The van der Waals surface area contributed by atoms with Crippen LogP contribution in [0.15, 0.2) is 30.3 Å². The number of piperazine rings is 1. The first-order valence-corrected chi connectivity index (χ1v) is 8.76. The number of aryl methyl sites for hydroxylation is 1. The lowest BCUT2D eigenvalue weighted by Crippen LogP contribution is -2.52. The van der Waals surface area contributed by atoms with Gasteiger partial charge in [-0.2, -0.15) is 0 Å². The quantitative estimate of drug-likeness (QED) is 0.854. The fraction of sp³-hybridized carbons (Fsp3) is 0.368. The maximum Gasteiger partial charge on any atom is 0.234 e. The second-order valence-electron chi connectivity index (χ2n) is 6.46. The highest BCUT2D eigenvalue weighted by Crippen LogP contribution is 2.24. The van der Waals surface area contributed by atoms with Gasteiger partial charge >= 0.3 is 0 Å². The summed E-state index contributed by atoms with van der Waals surface area (Å²) in [6, 6.07) is 9.15. The number of halogens is 1. The van der Waals surface area contributed by atoms with Crippen LogP contribution >= 0.6 is 11.6 Å². The molecular weight excluding hydrogens is 338 g/mol. The number of rotatable bonds is 4. The van der Waals surface area contributed by atoms with Crippen molar-refractivity contribution in [1.29, 1.82) is 0 Å². The van der Waals surface area contributed by atoms with E-state index in [1.807, 2.05) is 56.0 Å². The predicted molar refractivity (Wildman–Crippen MR) is 98.6 cm³/mol. The first-order valence-electron chi connectivity index (χ1n) is 8.38. The molecule has 1 atom stereocenters. The third-order valence-electron chi connectivity index (χ3n) is 4.78. The van der Waals surface area contributed by atoms with Crippen molar-refractivity contribution in [2.45, 2.75) is 26.8 Å². The van der Waals surface area contributed by atoms with Crippen LogP contribution in [-0.4, -0.2) is 46.8 Å². The van der Waals surface area contributed by atoms with Crippen LogP contribution in [0.4, 0.5) is 0 Å². The van der Waals surface area contributed by atoms with E-state index in [0.717, 1.165) is 17.1 Å². The number of hydrogen-bond acceptors (Lipinski definition) is 3. The number of nitrogens with one attached hydrogen (secondary N) is 1. The van der Waals surface area contributed by atoms with Crippen molar-refractivity contribution in [3.05, 3.63) is 52.3 Å². The van der Waals surface area contributed by atoms with E-state index < -0.39 is 0 Å². The number of ketones is 1. The van der Waals surface area contributed by atoms with E-state index in [9.17, 15) is 9.59 Å². The van der Waals surface area contributed by atoms with Crippen molar-refractivity contribution >= 4 is 23.3 Å². The molecule has 0 spiro atoms. The molecular formula is C19H22ClN3O2. The molecule has 6 heteroatoms. The van der Waals surface area contributed by atoms with Crippen LogP contribution in [0.25, 0.3) is 5.69 Å². The zero-order chi connectivity index (χ0) is 18.1. The van der Waals surface area contributed by atoms with Crippen LogP contribution in [0.5, 0.6) is 0 Å². The smallest absolute Gasteiger partial charge is 0.234 e. The van der Waals surface area contributed by atoms with E-state index in [1.165, 1.54) is 0 Å². The molecule has 0 bridgehead atoms. The molecule has 1 saturated heterocycles. The lowest BCUT2D eigenvalue weighted by Gasteiger charge is -2.31. The van der Waals surface area contributed by atoms with Gasteiger partial charge in [-0.05, 0) is 51.1 Å². The molecule has 1 N–H and O–H groups in total. The zero-order valence-electron chi connectivity index (χ0n) is 14.7. The number of aromatic nitrogens is 1. The minimum atomic E-state index is -0.329. The van der Waals surface area contributed by atoms with E-state index in [1.54, 1.807) is 0 Å². The monoisotopic (exact) mass is 359 g/mol. The second kappa shape index (κ2) is 7.02. The third kappa shape index (κ3) is 3.48. The highest BCUT2D eigenvalue weighted by atomic mass is 35.5. The van der Waals surface area contributed by atoms with Crippen LogP contribution in [-0.2, 0) is 4.79 Å². The highest BCUT2D eigenvalue weighted by Gasteiger charge is 2.28. The van der Waals surface area contributed by atoms with E-state index in [2.05, 4.69) is 9.88 Å². The summed E-state index contributed by atoms with van der Waals surface area (Å²) in [6.07, 6.45) is 0. The Morgan fingerprint density at radius 3 is 2.56 bits per heavy atom. The maximum absolute atomic E-state index is 13.0. The number of Topliss-reactive ketones (excluding diaryl/α,β-unsaturated/α-hetero) is 1.